The largest absolute Gasteiger partial charge is 0.471 e. The molecule has 2 rings (SSSR count). The number of likely N-dealkylation sites (tertiary alicyclic amines) is 1. The Morgan fingerprint density at radius 3 is 2.63 bits per heavy atom. The van der Waals surface area contributed by atoms with Crippen molar-refractivity contribution in [2.75, 3.05) is 13.1 Å². The van der Waals surface area contributed by atoms with Crippen LogP contribution in [0.3, 0.4) is 0 Å². The second kappa shape index (κ2) is 5.61. The summed E-state index contributed by atoms with van der Waals surface area (Å²) >= 11 is 0. The van der Waals surface area contributed by atoms with Crippen LogP contribution in [0.15, 0.2) is 30.3 Å². The van der Waals surface area contributed by atoms with Gasteiger partial charge in [-0.1, -0.05) is 30.3 Å². The fourth-order valence-corrected chi connectivity index (χ4v) is 2.20. The van der Waals surface area contributed by atoms with Gasteiger partial charge in [-0.15, -0.1) is 0 Å². The first kappa shape index (κ1) is 13.9. The third-order valence-corrected chi connectivity index (χ3v) is 3.11. The number of benzene rings is 1. The molecule has 3 nitrogen and oxygen atoms in total. The number of alkyl halides is 3. The van der Waals surface area contributed by atoms with E-state index < -0.39 is 18.1 Å². The maximum Gasteiger partial charge on any atom is 0.471 e. The number of nitrogens with one attached hydrogen (secondary N) is 1. The Hall–Kier alpha value is -1.56. The SMILES string of the molecule is O=C(NC1CCN(Cc2ccccc2)C1)C(F)(F)F. The van der Waals surface area contributed by atoms with Gasteiger partial charge in [-0.2, -0.15) is 13.2 Å². The van der Waals surface area contributed by atoms with Crippen molar-refractivity contribution in [2.24, 2.45) is 0 Å². The fraction of sp³-hybridized carbons (Fsp3) is 0.462. The van der Waals surface area contributed by atoms with E-state index in [1.807, 2.05) is 40.5 Å². The second-order valence-corrected chi connectivity index (χ2v) is 4.68. The zero-order valence-electron chi connectivity index (χ0n) is 10.3. The van der Waals surface area contributed by atoms with Crippen molar-refractivity contribution in [3.8, 4) is 0 Å². The molecule has 1 aliphatic rings. The lowest BCUT2D eigenvalue weighted by atomic mass is 10.2. The molecule has 104 valence electrons. The van der Waals surface area contributed by atoms with Gasteiger partial charge in [0.2, 0.25) is 0 Å². The first-order chi connectivity index (χ1) is 8.95. The molecular weight excluding hydrogens is 257 g/mol. The number of rotatable bonds is 3. The molecule has 0 spiro atoms. The Balaban J connectivity index is 1.82. The average Bonchev–Trinajstić information content (AvgIpc) is 2.76. The summed E-state index contributed by atoms with van der Waals surface area (Å²) < 4.78 is 36.4. The number of carbonyl (C=O) groups is 1. The minimum atomic E-state index is -4.80. The van der Waals surface area contributed by atoms with E-state index in [4.69, 9.17) is 0 Å². The number of hydrogen-bond acceptors (Lipinski definition) is 2. The molecule has 1 amide bonds. The van der Waals surface area contributed by atoms with Crippen LogP contribution >= 0.6 is 0 Å². The number of amides is 1. The molecule has 1 heterocycles. The molecule has 19 heavy (non-hydrogen) atoms. The van der Waals surface area contributed by atoms with E-state index >= 15 is 0 Å². The number of hydrogen-bond donors (Lipinski definition) is 1. The van der Waals surface area contributed by atoms with Crippen molar-refractivity contribution in [3.05, 3.63) is 35.9 Å². The van der Waals surface area contributed by atoms with Crippen molar-refractivity contribution in [3.63, 3.8) is 0 Å². The molecule has 1 unspecified atom stereocenters. The van der Waals surface area contributed by atoms with Gasteiger partial charge in [-0.05, 0) is 12.0 Å². The molecule has 0 aliphatic carbocycles. The minimum absolute atomic E-state index is 0.419. The van der Waals surface area contributed by atoms with Crippen LogP contribution in [0.4, 0.5) is 13.2 Å². The Kier molecular flexibility index (Phi) is 4.09. The van der Waals surface area contributed by atoms with Crippen LogP contribution in [0.25, 0.3) is 0 Å². The third-order valence-electron chi connectivity index (χ3n) is 3.11. The Morgan fingerprint density at radius 1 is 1.32 bits per heavy atom. The predicted molar refractivity (Wildman–Crippen MR) is 64.3 cm³/mol. The van der Waals surface area contributed by atoms with Gasteiger partial charge in [0, 0.05) is 25.7 Å². The molecule has 1 aliphatic heterocycles. The van der Waals surface area contributed by atoms with Crippen molar-refractivity contribution in [2.45, 2.75) is 25.2 Å². The lowest BCUT2D eigenvalue weighted by Gasteiger charge is -2.17. The molecule has 1 N–H and O–H groups in total. The highest BCUT2D eigenvalue weighted by molar-refractivity contribution is 5.81. The minimum Gasteiger partial charge on any atom is -0.344 e. The van der Waals surface area contributed by atoms with Crippen LogP contribution in [0.1, 0.15) is 12.0 Å². The van der Waals surface area contributed by atoms with Crippen LogP contribution in [-0.4, -0.2) is 36.1 Å². The van der Waals surface area contributed by atoms with Crippen LogP contribution in [-0.2, 0) is 11.3 Å². The number of carbonyl (C=O) groups excluding carboxylic acids is 1. The Labute approximate surface area is 109 Å². The van der Waals surface area contributed by atoms with Gasteiger partial charge in [0.05, 0.1) is 0 Å². The van der Waals surface area contributed by atoms with E-state index in [2.05, 4.69) is 0 Å². The van der Waals surface area contributed by atoms with Gasteiger partial charge in [0.15, 0.2) is 0 Å². The Bertz CT molecular complexity index is 433. The first-order valence-corrected chi connectivity index (χ1v) is 6.09. The quantitative estimate of drug-likeness (QED) is 0.912. The number of nitrogens with zero attached hydrogens (tertiary/aromatic N) is 1. The van der Waals surface area contributed by atoms with Crippen LogP contribution in [0, 0.1) is 0 Å². The van der Waals surface area contributed by atoms with Crippen molar-refractivity contribution >= 4 is 5.91 Å². The van der Waals surface area contributed by atoms with Crippen molar-refractivity contribution in [1.29, 1.82) is 0 Å². The van der Waals surface area contributed by atoms with Crippen LogP contribution < -0.4 is 5.32 Å². The van der Waals surface area contributed by atoms with E-state index in [-0.39, 0.29) is 0 Å². The van der Waals surface area contributed by atoms with E-state index in [0.29, 0.717) is 26.1 Å². The molecule has 1 aromatic rings. The summed E-state index contributed by atoms with van der Waals surface area (Å²) in [6.45, 7) is 1.84. The zero-order valence-corrected chi connectivity index (χ0v) is 10.3. The summed E-state index contributed by atoms with van der Waals surface area (Å²) in [6, 6.07) is 9.30. The van der Waals surface area contributed by atoms with E-state index in [1.165, 1.54) is 0 Å². The molecule has 0 bridgehead atoms. The maximum atomic E-state index is 12.1. The topological polar surface area (TPSA) is 32.3 Å². The molecule has 1 atom stereocenters. The van der Waals surface area contributed by atoms with E-state index in [1.54, 1.807) is 0 Å². The lowest BCUT2D eigenvalue weighted by Crippen LogP contribution is -2.44. The van der Waals surface area contributed by atoms with Gasteiger partial charge < -0.3 is 5.32 Å². The number of halogens is 3. The summed E-state index contributed by atoms with van der Waals surface area (Å²) in [5.74, 6) is -1.85. The molecule has 1 fully saturated rings. The van der Waals surface area contributed by atoms with Crippen molar-refractivity contribution in [1.82, 2.24) is 10.2 Å². The van der Waals surface area contributed by atoms with Crippen molar-refractivity contribution < 1.29 is 18.0 Å². The normalized spacial score (nSPS) is 20.5. The molecule has 1 saturated heterocycles. The van der Waals surface area contributed by atoms with Gasteiger partial charge >= 0.3 is 12.1 Å². The molecule has 0 radical (unpaired) electrons. The second-order valence-electron chi connectivity index (χ2n) is 4.68. The van der Waals surface area contributed by atoms with E-state index in [9.17, 15) is 18.0 Å². The van der Waals surface area contributed by atoms with Gasteiger partial charge in [-0.25, -0.2) is 0 Å². The Morgan fingerprint density at radius 2 is 2.00 bits per heavy atom. The molecular formula is C13H15F3N2O. The average molecular weight is 272 g/mol. The predicted octanol–water partition coefficient (Wildman–Crippen LogP) is 1.94. The molecule has 1 aromatic carbocycles. The summed E-state index contributed by atoms with van der Waals surface area (Å²) in [5.41, 5.74) is 1.12. The summed E-state index contributed by atoms with van der Waals surface area (Å²) in [4.78, 5) is 12.9. The van der Waals surface area contributed by atoms with Gasteiger partial charge in [0.25, 0.3) is 0 Å². The summed E-state index contributed by atoms with van der Waals surface area (Å²) in [6.07, 6.45) is -4.25. The fourth-order valence-electron chi connectivity index (χ4n) is 2.20. The van der Waals surface area contributed by atoms with Gasteiger partial charge in [-0.3, -0.25) is 9.69 Å². The highest BCUT2D eigenvalue weighted by Gasteiger charge is 2.40. The van der Waals surface area contributed by atoms with Crippen LogP contribution in [0.5, 0.6) is 0 Å². The maximum absolute atomic E-state index is 12.1. The highest BCUT2D eigenvalue weighted by atomic mass is 19.4. The monoisotopic (exact) mass is 272 g/mol. The molecule has 6 heteroatoms. The third kappa shape index (κ3) is 3.96. The van der Waals surface area contributed by atoms with Crippen LogP contribution in [0.2, 0.25) is 0 Å². The standard InChI is InChI=1S/C13H15F3N2O/c14-13(15,16)12(19)17-11-6-7-18(9-11)8-10-4-2-1-3-5-10/h1-5,11H,6-9H2,(H,17,19). The first-order valence-electron chi connectivity index (χ1n) is 6.09. The lowest BCUT2D eigenvalue weighted by molar-refractivity contribution is -0.174. The molecule has 0 aromatic heterocycles. The smallest absolute Gasteiger partial charge is 0.344 e. The highest BCUT2D eigenvalue weighted by Crippen LogP contribution is 2.18. The molecule has 0 saturated carbocycles. The summed E-state index contributed by atoms with van der Waals surface area (Å²) in [5, 5.41) is 2.03. The van der Waals surface area contributed by atoms with E-state index in [0.717, 1.165) is 5.56 Å². The zero-order chi connectivity index (χ0) is 13.9. The summed E-state index contributed by atoms with van der Waals surface area (Å²) in [7, 11) is 0. The van der Waals surface area contributed by atoms with Gasteiger partial charge in [0.1, 0.15) is 0 Å².